The fourth-order valence-electron chi connectivity index (χ4n) is 1.93. The second kappa shape index (κ2) is 8.40. The van der Waals surface area contributed by atoms with Crippen molar-refractivity contribution in [1.82, 2.24) is 10.3 Å². The summed E-state index contributed by atoms with van der Waals surface area (Å²) in [7, 11) is 0. The maximum absolute atomic E-state index is 13.1. The van der Waals surface area contributed by atoms with Gasteiger partial charge < -0.3 is 10.6 Å². The lowest BCUT2D eigenvalue weighted by Crippen LogP contribution is -2.26. The number of carbonyl (C=O) groups excluding carboxylic acids is 2. The molecule has 0 bridgehead atoms. The van der Waals surface area contributed by atoms with Crippen LogP contribution in [0.3, 0.4) is 0 Å². The largest absolute Gasteiger partial charge is 0.351 e. The number of hydrogen-bond acceptors (Lipinski definition) is 3. The van der Waals surface area contributed by atoms with Gasteiger partial charge in [0.05, 0.1) is 5.02 Å². The molecule has 0 saturated carbocycles. The highest BCUT2D eigenvalue weighted by Gasteiger charge is 2.13. The third kappa shape index (κ3) is 4.76. The van der Waals surface area contributed by atoms with Crippen LogP contribution in [0.2, 0.25) is 5.02 Å². The number of nitrogens with one attached hydrogen (secondary N) is 2. The molecule has 24 heavy (non-hydrogen) atoms. The molecule has 2 amide bonds. The van der Waals surface area contributed by atoms with Gasteiger partial charge in [-0.05, 0) is 36.8 Å². The predicted octanol–water partition coefficient (Wildman–Crippen LogP) is 3.66. The number of carbonyl (C=O) groups is 2. The number of nitrogens with zero attached hydrogens (tertiary/aromatic N) is 1. The van der Waals surface area contributed by atoms with E-state index < -0.39 is 11.7 Å². The molecule has 0 saturated heterocycles. The zero-order chi connectivity index (χ0) is 17.5. The summed E-state index contributed by atoms with van der Waals surface area (Å²) >= 11 is 5.68. The van der Waals surface area contributed by atoms with Crippen molar-refractivity contribution in [2.45, 2.75) is 19.8 Å². The summed E-state index contributed by atoms with van der Waals surface area (Å²) in [5.41, 5.74) is 0.584. The SMILES string of the molecule is CCCCNC(=O)c1cccc(C(=O)Nc2ccc(F)c(Cl)c2)n1. The van der Waals surface area contributed by atoms with Crippen LogP contribution in [0.5, 0.6) is 0 Å². The molecule has 7 heteroatoms. The minimum Gasteiger partial charge on any atom is -0.351 e. The molecular formula is C17H17ClFN3O2. The Morgan fingerprint density at radius 2 is 1.88 bits per heavy atom. The molecule has 1 heterocycles. The van der Waals surface area contributed by atoms with Crippen LogP contribution < -0.4 is 10.6 Å². The summed E-state index contributed by atoms with van der Waals surface area (Å²) < 4.78 is 13.1. The Hall–Kier alpha value is -2.47. The molecule has 0 spiro atoms. The van der Waals surface area contributed by atoms with Crippen LogP contribution >= 0.6 is 11.6 Å². The Morgan fingerprint density at radius 3 is 2.54 bits per heavy atom. The molecule has 2 rings (SSSR count). The van der Waals surface area contributed by atoms with Crippen LogP contribution in [0.15, 0.2) is 36.4 Å². The van der Waals surface area contributed by atoms with Gasteiger partial charge >= 0.3 is 0 Å². The monoisotopic (exact) mass is 349 g/mol. The molecule has 0 fully saturated rings. The van der Waals surface area contributed by atoms with Crippen LogP contribution in [0, 0.1) is 5.82 Å². The molecule has 0 radical (unpaired) electrons. The number of aromatic nitrogens is 1. The number of amides is 2. The summed E-state index contributed by atoms with van der Waals surface area (Å²) in [5.74, 6) is -1.41. The van der Waals surface area contributed by atoms with Crippen molar-refractivity contribution >= 4 is 29.1 Å². The molecule has 0 aliphatic heterocycles. The first-order valence-corrected chi connectivity index (χ1v) is 7.90. The maximum Gasteiger partial charge on any atom is 0.274 e. The van der Waals surface area contributed by atoms with Gasteiger partial charge in [-0.2, -0.15) is 0 Å². The molecule has 0 aliphatic carbocycles. The molecule has 2 N–H and O–H groups in total. The smallest absolute Gasteiger partial charge is 0.274 e. The zero-order valence-electron chi connectivity index (χ0n) is 13.1. The van der Waals surface area contributed by atoms with Gasteiger partial charge in [-0.3, -0.25) is 9.59 Å². The summed E-state index contributed by atoms with van der Waals surface area (Å²) in [4.78, 5) is 28.2. The van der Waals surface area contributed by atoms with Gasteiger partial charge in [-0.15, -0.1) is 0 Å². The fourth-order valence-corrected chi connectivity index (χ4v) is 2.11. The third-order valence-corrected chi connectivity index (χ3v) is 3.50. The maximum atomic E-state index is 13.1. The van der Waals surface area contributed by atoms with E-state index in [0.29, 0.717) is 12.2 Å². The molecule has 1 aromatic carbocycles. The lowest BCUT2D eigenvalue weighted by Gasteiger charge is -2.07. The van der Waals surface area contributed by atoms with Crippen LogP contribution in [-0.2, 0) is 0 Å². The van der Waals surface area contributed by atoms with E-state index in [4.69, 9.17) is 11.6 Å². The molecule has 2 aromatic rings. The Balaban J connectivity index is 2.08. The second-order valence-corrected chi connectivity index (χ2v) is 5.51. The molecule has 126 valence electrons. The quantitative estimate of drug-likeness (QED) is 0.782. The number of pyridine rings is 1. The van der Waals surface area contributed by atoms with Crippen molar-refractivity contribution in [2.75, 3.05) is 11.9 Å². The molecule has 1 aromatic heterocycles. The highest BCUT2D eigenvalue weighted by Crippen LogP contribution is 2.19. The predicted molar refractivity (Wildman–Crippen MR) is 90.8 cm³/mol. The van der Waals surface area contributed by atoms with E-state index in [0.717, 1.165) is 18.9 Å². The van der Waals surface area contributed by atoms with Crippen LogP contribution in [0.25, 0.3) is 0 Å². The number of halogens is 2. The molecule has 0 aliphatic rings. The Labute approximate surface area is 144 Å². The van der Waals surface area contributed by atoms with Gasteiger partial charge in [-0.1, -0.05) is 31.0 Å². The highest BCUT2D eigenvalue weighted by atomic mass is 35.5. The van der Waals surface area contributed by atoms with Gasteiger partial charge in [0.25, 0.3) is 11.8 Å². The van der Waals surface area contributed by atoms with E-state index in [1.807, 2.05) is 6.92 Å². The fraction of sp³-hybridized carbons (Fsp3) is 0.235. The Morgan fingerprint density at radius 1 is 1.17 bits per heavy atom. The average molecular weight is 350 g/mol. The Bertz CT molecular complexity index is 752. The van der Waals surface area contributed by atoms with Crippen molar-refractivity contribution in [3.63, 3.8) is 0 Å². The molecule has 0 unspecified atom stereocenters. The Kier molecular flexibility index (Phi) is 6.26. The second-order valence-electron chi connectivity index (χ2n) is 5.10. The van der Waals surface area contributed by atoms with Crippen molar-refractivity contribution in [1.29, 1.82) is 0 Å². The molecule has 0 atom stereocenters. The van der Waals surface area contributed by atoms with Gasteiger partial charge in [0.2, 0.25) is 0 Å². The summed E-state index contributed by atoms with van der Waals surface area (Å²) in [6.45, 7) is 2.58. The van der Waals surface area contributed by atoms with Crippen molar-refractivity contribution in [2.24, 2.45) is 0 Å². The van der Waals surface area contributed by atoms with Gasteiger partial charge in [0, 0.05) is 12.2 Å². The van der Waals surface area contributed by atoms with Crippen molar-refractivity contribution < 1.29 is 14.0 Å². The lowest BCUT2D eigenvalue weighted by molar-refractivity contribution is 0.0948. The van der Waals surface area contributed by atoms with Gasteiger partial charge in [0.1, 0.15) is 17.2 Å². The first kappa shape index (κ1) is 17.9. The molecule has 5 nitrogen and oxygen atoms in total. The van der Waals surface area contributed by atoms with Crippen LogP contribution in [0.4, 0.5) is 10.1 Å². The average Bonchev–Trinajstić information content (AvgIpc) is 2.58. The number of benzene rings is 1. The van der Waals surface area contributed by atoms with E-state index in [1.165, 1.54) is 24.3 Å². The topological polar surface area (TPSA) is 71.1 Å². The van der Waals surface area contributed by atoms with E-state index in [9.17, 15) is 14.0 Å². The number of rotatable bonds is 6. The van der Waals surface area contributed by atoms with Crippen LogP contribution in [0.1, 0.15) is 40.7 Å². The number of hydrogen-bond donors (Lipinski definition) is 2. The number of unbranched alkanes of at least 4 members (excludes halogenated alkanes) is 1. The highest BCUT2D eigenvalue weighted by molar-refractivity contribution is 6.31. The van der Waals surface area contributed by atoms with Gasteiger partial charge in [0.15, 0.2) is 0 Å². The minimum absolute atomic E-state index is 0.0820. The van der Waals surface area contributed by atoms with Crippen molar-refractivity contribution in [3.8, 4) is 0 Å². The van der Waals surface area contributed by atoms with E-state index >= 15 is 0 Å². The third-order valence-electron chi connectivity index (χ3n) is 3.21. The first-order valence-electron chi connectivity index (χ1n) is 7.53. The van der Waals surface area contributed by atoms with Crippen molar-refractivity contribution in [3.05, 3.63) is 58.6 Å². The minimum atomic E-state index is -0.571. The van der Waals surface area contributed by atoms with E-state index in [2.05, 4.69) is 15.6 Å². The standard InChI is InChI=1S/C17H17ClFN3O2/c1-2-3-9-20-16(23)14-5-4-6-15(22-14)17(24)21-11-7-8-13(19)12(18)10-11/h4-8,10H,2-3,9H2,1H3,(H,20,23)(H,21,24). The van der Waals surface area contributed by atoms with Crippen LogP contribution in [-0.4, -0.2) is 23.3 Å². The summed E-state index contributed by atoms with van der Waals surface area (Å²) in [6.07, 6.45) is 1.84. The van der Waals surface area contributed by atoms with E-state index in [-0.39, 0.29) is 22.3 Å². The first-order chi connectivity index (χ1) is 11.5. The zero-order valence-corrected chi connectivity index (χ0v) is 13.9. The normalized spacial score (nSPS) is 10.3. The lowest BCUT2D eigenvalue weighted by atomic mass is 10.2. The van der Waals surface area contributed by atoms with E-state index in [1.54, 1.807) is 6.07 Å². The van der Waals surface area contributed by atoms with Gasteiger partial charge in [-0.25, -0.2) is 9.37 Å². The summed E-state index contributed by atoms with van der Waals surface area (Å²) in [5, 5.41) is 5.20. The summed E-state index contributed by atoms with van der Waals surface area (Å²) in [6, 6.07) is 8.45. The molecular weight excluding hydrogens is 333 g/mol. The number of anilines is 1.